The van der Waals surface area contributed by atoms with Gasteiger partial charge in [0.2, 0.25) is 19.1 Å². The molecule has 15 heteroatoms. The van der Waals surface area contributed by atoms with Crippen molar-refractivity contribution in [2.75, 3.05) is 32.5 Å². The van der Waals surface area contributed by atoms with E-state index in [-0.39, 0.29) is 41.6 Å². The van der Waals surface area contributed by atoms with Gasteiger partial charge in [0.1, 0.15) is 11.3 Å². The van der Waals surface area contributed by atoms with Crippen LogP contribution in [-0.4, -0.2) is 48.7 Å². The van der Waals surface area contributed by atoms with E-state index in [4.69, 9.17) is 28.7 Å². The maximum absolute atomic E-state index is 14.6. The van der Waals surface area contributed by atoms with Gasteiger partial charge in [0, 0.05) is 6.54 Å². The molecule has 3 aromatic rings. The monoisotopic (exact) mass is 585 g/mol. The number of nitrogens with two attached hydrogens (primary N) is 1. The Morgan fingerprint density at radius 3 is 2.17 bits per heavy atom. The SMILES string of the molecule is CCOC(=O)OCOP(=O)(OCOC(=O)OCC)c1ccc(-c2nc3c(N)c(F)cc(CC)c3n2CC(C)C)o1. The van der Waals surface area contributed by atoms with Crippen molar-refractivity contribution >= 4 is 42.1 Å². The van der Waals surface area contributed by atoms with Crippen molar-refractivity contribution in [3.8, 4) is 11.6 Å². The number of imidazole rings is 1. The summed E-state index contributed by atoms with van der Waals surface area (Å²) in [6, 6.07) is 4.17. The molecule has 0 bridgehead atoms. The number of halogens is 1. The number of carbonyl (C=O) groups is 2. The summed E-state index contributed by atoms with van der Waals surface area (Å²) in [4.78, 5) is 27.6. The summed E-state index contributed by atoms with van der Waals surface area (Å²) < 4.78 is 65.2. The van der Waals surface area contributed by atoms with Crippen molar-refractivity contribution in [3.63, 3.8) is 0 Å². The summed E-state index contributed by atoms with van der Waals surface area (Å²) in [5.74, 6) is 0.0388. The van der Waals surface area contributed by atoms with Crippen LogP contribution in [0.2, 0.25) is 0 Å². The van der Waals surface area contributed by atoms with E-state index in [9.17, 15) is 18.5 Å². The molecule has 0 saturated carbocycles. The third kappa shape index (κ3) is 7.12. The molecule has 0 amide bonds. The molecule has 0 spiro atoms. The molecule has 2 heterocycles. The van der Waals surface area contributed by atoms with E-state index in [1.807, 2.05) is 25.3 Å². The van der Waals surface area contributed by atoms with Crippen LogP contribution in [0.4, 0.5) is 19.7 Å². The molecule has 0 radical (unpaired) electrons. The number of ether oxygens (including phenoxy) is 4. The maximum atomic E-state index is 14.6. The van der Waals surface area contributed by atoms with E-state index < -0.39 is 39.3 Å². The van der Waals surface area contributed by atoms with Crippen LogP contribution < -0.4 is 11.2 Å². The van der Waals surface area contributed by atoms with Crippen LogP contribution in [0.1, 0.15) is 40.2 Å². The van der Waals surface area contributed by atoms with Crippen molar-refractivity contribution in [2.45, 2.75) is 47.6 Å². The van der Waals surface area contributed by atoms with Crippen LogP contribution in [0.25, 0.3) is 22.6 Å². The number of nitrogen functional groups attached to an aromatic ring is 1. The van der Waals surface area contributed by atoms with Crippen LogP contribution in [0.15, 0.2) is 22.6 Å². The van der Waals surface area contributed by atoms with Gasteiger partial charge in [0.25, 0.3) is 0 Å². The first-order chi connectivity index (χ1) is 19.0. The van der Waals surface area contributed by atoms with Gasteiger partial charge in [-0.15, -0.1) is 0 Å². The Kier molecular flexibility index (Phi) is 10.5. The molecule has 220 valence electrons. The first-order valence-electron chi connectivity index (χ1n) is 12.6. The van der Waals surface area contributed by atoms with E-state index in [0.29, 0.717) is 29.9 Å². The predicted octanol–water partition coefficient (Wildman–Crippen LogP) is 5.35. The molecule has 0 aliphatic heterocycles. The van der Waals surface area contributed by atoms with Gasteiger partial charge in [0.15, 0.2) is 11.6 Å². The average Bonchev–Trinajstić information content (AvgIpc) is 3.52. The Hall–Kier alpha value is -3.61. The van der Waals surface area contributed by atoms with Gasteiger partial charge >= 0.3 is 19.9 Å². The minimum absolute atomic E-state index is 0.0491. The molecular formula is C25H33FN3O10P. The van der Waals surface area contributed by atoms with Crippen molar-refractivity contribution < 1.29 is 51.0 Å². The third-order valence-electron chi connectivity index (χ3n) is 5.42. The molecule has 0 atom stereocenters. The normalized spacial score (nSPS) is 11.7. The number of aromatic nitrogens is 2. The Balaban J connectivity index is 2.01. The van der Waals surface area contributed by atoms with Crippen molar-refractivity contribution in [3.05, 3.63) is 29.6 Å². The number of anilines is 1. The van der Waals surface area contributed by atoms with E-state index in [2.05, 4.69) is 14.5 Å². The van der Waals surface area contributed by atoms with Gasteiger partial charge in [0.05, 0.1) is 24.4 Å². The Bertz CT molecular complexity index is 1360. The second-order valence-corrected chi connectivity index (χ2v) is 10.7. The zero-order chi connectivity index (χ0) is 29.4. The number of benzene rings is 1. The quantitative estimate of drug-likeness (QED) is 0.119. The molecule has 3 rings (SSSR count). The fraction of sp³-hybridized carbons (Fsp3) is 0.480. The average molecular weight is 586 g/mol. The van der Waals surface area contributed by atoms with Crippen LogP contribution >= 0.6 is 7.60 Å². The number of hydrogen-bond acceptors (Lipinski definition) is 12. The molecular weight excluding hydrogens is 552 g/mol. The summed E-state index contributed by atoms with van der Waals surface area (Å²) in [5, 5.41) is 0. The molecule has 13 nitrogen and oxygen atoms in total. The molecule has 2 N–H and O–H groups in total. The first kappa shape index (κ1) is 30.9. The number of fused-ring (bicyclic) bond motifs is 1. The highest BCUT2D eigenvalue weighted by Crippen LogP contribution is 2.48. The van der Waals surface area contributed by atoms with Gasteiger partial charge in [-0.25, -0.2) is 19.0 Å². The second kappa shape index (κ2) is 13.6. The molecule has 0 saturated heterocycles. The maximum Gasteiger partial charge on any atom is 0.510 e. The van der Waals surface area contributed by atoms with Crippen LogP contribution in [0.5, 0.6) is 0 Å². The molecule has 1 aromatic carbocycles. The number of aryl methyl sites for hydroxylation is 1. The smallest absolute Gasteiger partial charge is 0.445 e. The van der Waals surface area contributed by atoms with E-state index in [1.54, 1.807) is 13.8 Å². The standard InChI is InChI=1S/C25H33FN3O10P/c1-6-16-11-17(26)20(27)21-22(16)29(12-15(4)5)23(28-21)18-9-10-19(39-18)40(32,37-13-35-24(30)33-7-2)38-14-36-25(31)34-8-3/h9-11,15H,6-8,12-14,27H2,1-5H3. The third-order valence-corrected chi connectivity index (χ3v) is 7.09. The van der Waals surface area contributed by atoms with Crippen molar-refractivity contribution in [1.29, 1.82) is 0 Å². The molecule has 2 aromatic heterocycles. The molecule has 0 aliphatic carbocycles. The van der Waals surface area contributed by atoms with Crippen molar-refractivity contribution in [1.82, 2.24) is 9.55 Å². The molecule has 0 unspecified atom stereocenters. The minimum Gasteiger partial charge on any atom is -0.445 e. The Morgan fingerprint density at radius 1 is 1.05 bits per heavy atom. The lowest BCUT2D eigenvalue weighted by molar-refractivity contribution is -0.0179. The van der Waals surface area contributed by atoms with Gasteiger partial charge < -0.3 is 33.7 Å². The second-order valence-electron chi connectivity index (χ2n) is 8.71. The highest BCUT2D eigenvalue weighted by Gasteiger charge is 2.34. The largest absolute Gasteiger partial charge is 0.510 e. The van der Waals surface area contributed by atoms with Gasteiger partial charge in [-0.3, -0.25) is 13.6 Å². The highest BCUT2D eigenvalue weighted by atomic mass is 31.2. The number of furan rings is 1. The van der Waals surface area contributed by atoms with Crippen LogP contribution in [0.3, 0.4) is 0 Å². The van der Waals surface area contributed by atoms with Crippen LogP contribution in [-0.2, 0) is 45.5 Å². The summed E-state index contributed by atoms with van der Waals surface area (Å²) in [7, 11) is -4.39. The summed E-state index contributed by atoms with van der Waals surface area (Å²) >= 11 is 0. The lowest BCUT2D eigenvalue weighted by Crippen LogP contribution is -2.16. The van der Waals surface area contributed by atoms with Gasteiger partial charge in [-0.05, 0) is 49.9 Å². The van der Waals surface area contributed by atoms with E-state index in [0.717, 1.165) is 0 Å². The predicted molar refractivity (Wildman–Crippen MR) is 141 cm³/mol. The van der Waals surface area contributed by atoms with Gasteiger partial charge in [-0.1, -0.05) is 20.8 Å². The highest BCUT2D eigenvalue weighted by molar-refractivity contribution is 7.61. The molecule has 0 fully saturated rings. The minimum atomic E-state index is -4.39. The fourth-order valence-corrected chi connectivity index (χ4v) is 4.92. The Labute approximate surface area is 230 Å². The summed E-state index contributed by atoms with van der Waals surface area (Å²) in [6.07, 6.45) is -1.59. The summed E-state index contributed by atoms with van der Waals surface area (Å²) in [5.41, 5.74) is 7.26. The molecule has 0 aliphatic rings. The lowest BCUT2D eigenvalue weighted by Gasteiger charge is -2.16. The number of carbonyl (C=O) groups excluding carboxylic acids is 2. The fourth-order valence-electron chi connectivity index (χ4n) is 3.75. The topological polar surface area (TPSA) is 164 Å². The first-order valence-corrected chi connectivity index (χ1v) is 14.1. The Morgan fingerprint density at radius 2 is 1.65 bits per heavy atom. The zero-order valence-corrected chi connectivity index (χ0v) is 23.8. The lowest BCUT2D eigenvalue weighted by atomic mass is 10.1. The molecule has 40 heavy (non-hydrogen) atoms. The number of nitrogens with zero attached hydrogens (tertiary/aromatic N) is 2. The summed E-state index contributed by atoms with van der Waals surface area (Å²) in [6.45, 7) is 7.99. The van der Waals surface area contributed by atoms with E-state index >= 15 is 0 Å². The zero-order valence-electron chi connectivity index (χ0n) is 22.9. The number of rotatable bonds is 13. The van der Waals surface area contributed by atoms with Crippen LogP contribution in [0, 0.1) is 11.7 Å². The van der Waals surface area contributed by atoms with E-state index in [1.165, 1.54) is 18.2 Å². The van der Waals surface area contributed by atoms with Gasteiger partial charge in [-0.2, -0.15) is 0 Å². The number of hydrogen-bond donors (Lipinski definition) is 1. The van der Waals surface area contributed by atoms with Crippen molar-refractivity contribution in [2.24, 2.45) is 5.92 Å².